The Morgan fingerprint density at radius 1 is 0.333 bits per heavy atom. The number of ether oxygens (including phenoxy) is 3. The standard InChI is InChI=1S/C51H96O6/c1-4-7-10-13-16-18-20-22-23-24-25-26-27-28-29-31-32-35-38-41-44-50(53)56-47-48(46-55-49(52)43-40-37-34-15-12-9-6-3)57-51(54)45-42-39-36-33-30-21-19-17-14-11-8-5-2/h17,19,48H,4-16,18,20-47H2,1-3H3/b19-17-. The van der Waals surface area contributed by atoms with Crippen LogP contribution in [0.1, 0.15) is 278 Å². The first-order valence-electron chi connectivity index (χ1n) is 25.2. The van der Waals surface area contributed by atoms with Gasteiger partial charge in [0, 0.05) is 19.3 Å². The summed E-state index contributed by atoms with van der Waals surface area (Å²) < 4.78 is 16.7. The number of hydrogen-bond acceptors (Lipinski definition) is 6. The SMILES string of the molecule is CCCCC/C=C\CCCCCCCC(=O)OC(COC(=O)CCCCCCCCC)COC(=O)CCCCCCCCCCCCCCCCCCCCCC. The lowest BCUT2D eigenvalue weighted by molar-refractivity contribution is -0.167. The fraction of sp³-hybridized carbons (Fsp3) is 0.902. The molecule has 0 saturated heterocycles. The van der Waals surface area contributed by atoms with Crippen LogP contribution < -0.4 is 0 Å². The molecule has 0 aromatic rings. The van der Waals surface area contributed by atoms with Crippen molar-refractivity contribution in [2.75, 3.05) is 13.2 Å². The van der Waals surface area contributed by atoms with Crippen LogP contribution in [-0.4, -0.2) is 37.2 Å². The van der Waals surface area contributed by atoms with E-state index in [2.05, 4.69) is 32.9 Å². The second-order valence-electron chi connectivity index (χ2n) is 17.1. The first kappa shape index (κ1) is 55.2. The van der Waals surface area contributed by atoms with E-state index in [1.807, 2.05) is 0 Å². The number of allylic oxidation sites excluding steroid dienone is 2. The Balaban J connectivity index is 4.16. The molecule has 57 heavy (non-hydrogen) atoms. The lowest BCUT2D eigenvalue weighted by Gasteiger charge is -2.18. The van der Waals surface area contributed by atoms with Gasteiger partial charge in [0.2, 0.25) is 0 Å². The van der Waals surface area contributed by atoms with Gasteiger partial charge in [0.25, 0.3) is 0 Å². The zero-order chi connectivity index (χ0) is 41.5. The van der Waals surface area contributed by atoms with Crippen molar-refractivity contribution < 1.29 is 28.6 Å². The van der Waals surface area contributed by atoms with Crippen molar-refractivity contribution in [2.45, 2.75) is 284 Å². The van der Waals surface area contributed by atoms with Gasteiger partial charge in [-0.2, -0.15) is 0 Å². The molecule has 0 aliphatic carbocycles. The van der Waals surface area contributed by atoms with Crippen molar-refractivity contribution in [2.24, 2.45) is 0 Å². The predicted molar refractivity (Wildman–Crippen MR) is 243 cm³/mol. The Hall–Kier alpha value is -1.85. The summed E-state index contributed by atoms with van der Waals surface area (Å²) in [6.45, 7) is 6.59. The predicted octanol–water partition coefficient (Wildman–Crippen LogP) is 16.2. The Labute approximate surface area is 354 Å². The smallest absolute Gasteiger partial charge is 0.306 e. The van der Waals surface area contributed by atoms with Gasteiger partial charge in [0.1, 0.15) is 13.2 Å². The highest BCUT2D eigenvalue weighted by Crippen LogP contribution is 2.16. The molecule has 0 radical (unpaired) electrons. The molecule has 0 heterocycles. The summed E-state index contributed by atoms with van der Waals surface area (Å²) in [5.74, 6) is -0.872. The maximum Gasteiger partial charge on any atom is 0.306 e. The van der Waals surface area contributed by atoms with Crippen molar-refractivity contribution in [3.63, 3.8) is 0 Å². The molecule has 0 amide bonds. The number of esters is 3. The number of hydrogen-bond donors (Lipinski definition) is 0. The molecule has 0 bridgehead atoms. The van der Waals surface area contributed by atoms with Crippen molar-refractivity contribution in [1.82, 2.24) is 0 Å². The second kappa shape index (κ2) is 46.8. The average Bonchev–Trinajstić information content (AvgIpc) is 3.21. The van der Waals surface area contributed by atoms with Gasteiger partial charge >= 0.3 is 17.9 Å². The highest BCUT2D eigenvalue weighted by atomic mass is 16.6. The molecule has 0 aromatic carbocycles. The summed E-state index contributed by atoms with van der Waals surface area (Å²) in [5, 5.41) is 0. The molecule has 0 saturated carbocycles. The van der Waals surface area contributed by atoms with E-state index in [9.17, 15) is 14.4 Å². The highest BCUT2D eigenvalue weighted by molar-refractivity contribution is 5.71. The summed E-state index contributed by atoms with van der Waals surface area (Å²) in [4.78, 5) is 37.7. The molecule has 0 N–H and O–H groups in total. The second-order valence-corrected chi connectivity index (χ2v) is 17.1. The summed E-state index contributed by atoms with van der Waals surface area (Å²) in [5.41, 5.74) is 0. The van der Waals surface area contributed by atoms with Gasteiger partial charge in [0.15, 0.2) is 6.10 Å². The number of rotatable bonds is 46. The zero-order valence-corrected chi connectivity index (χ0v) is 38.4. The summed E-state index contributed by atoms with van der Waals surface area (Å²) in [6, 6.07) is 0. The first-order chi connectivity index (χ1) is 28.0. The molecular weight excluding hydrogens is 709 g/mol. The summed E-state index contributed by atoms with van der Waals surface area (Å²) >= 11 is 0. The first-order valence-corrected chi connectivity index (χ1v) is 25.2. The van der Waals surface area contributed by atoms with E-state index < -0.39 is 6.10 Å². The molecule has 1 unspecified atom stereocenters. The van der Waals surface area contributed by atoms with Gasteiger partial charge in [0.05, 0.1) is 0 Å². The van der Waals surface area contributed by atoms with Crippen molar-refractivity contribution >= 4 is 17.9 Å². The van der Waals surface area contributed by atoms with Gasteiger partial charge in [-0.3, -0.25) is 14.4 Å². The third-order valence-electron chi connectivity index (χ3n) is 11.3. The lowest BCUT2D eigenvalue weighted by Crippen LogP contribution is -2.30. The van der Waals surface area contributed by atoms with Crippen LogP contribution in [0.5, 0.6) is 0 Å². The lowest BCUT2D eigenvalue weighted by atomic mass is 10.0. The third kappa shape index (κ3) is 45.1. The van der Waals surface area contributed by atoms with Crippen LogP contribution >= 0.6 is 0 Å². The van der Waals surface area contributed by atoms with E-state index in [4.69, 9.17) is 14.2 Å². The van der Waals surface area contributed by atoms with Crippen molar-refractivity contribution in [1.29, 1.82) is 0 Å². The summed E-state index contributed by atoms with van der Waals surface area (Å²) in [7, 11) is 0. The molecule has 0 aliphatic heterocycles. The van der Waals surface area contributed by atoms with E-state index in [0.717, 1.165) is 64.2 Å². The fourth-order valence-electron chi connectivity index (χ4n) is 7.44. The zero-order valence-electron chi connectivity index (χ0n) is 38.4. The molecule has 1 atom stereocenters. The Morgan fingerprint density at radius 2 is 0.579 bits per heavy atom. The third-order valence-corrected chi connectivity index (χ3v) is 11.3. The van der Waals surface area contributed by atoms with Gasteiger partial charge in [-0.25, -0.2) is 0 Å². The summed E-state index contributed by atoms with van der Waals surface area (Å²) in [6.07, 6.45) is 50.7. The van der Waals surface area contributed by atoms with E-state index in [1.165, 1.54) is 173 Å². The minimum absolute atomic E-state index is 0.0690. The fourth-order valence-corrected chi connectivity index (χ4v) is 7.44. The van der Waals surface area contributed by atoms with Crippen LogP contribution in [0.4, 0.5) is 0 Å². The number of carbonyl (C=O) groups excluding carboxylic acids is 3. The Kier molecular flexibility index (Phi) is 45.3. The molecule has 0 aliphatic rings. The molecule has 6 heteroatoms. The van der Waals surface area contributed by atoms with Crippen molar-refractivity contribution in [3.05, 3.63) is 12.2 Å². The molecule has 0 fully saturated rings. The van der Waals surface area contributed by atoms with E-state index in [-0.39, 0.29) is 31.1 Å². The van der Waals surface area contributed by atoms with Crippen LogP contribution in [0.15, 0.2) is 12.2 Å². The van der Waals surface area contributed by atoms with Crippen LogP contribution in [0.25, 0.3) is 0 Å². The van der Waals surface area contributed by atoms with Gasteiger partial charge in [-0.05, 0) is 44.9 Å². The van der Waals surface area contributed by atoms with Gasteiger partial charge < -0.3 is 14.2 Å². The normalized spacial score (nSPS) is 12.0. The minimum atomic E-state index is -0.765. The van der Waals surface area contributed by atoms with E-state index in [1.54, 1.807) is 0 Å². The van der Waals surface area contributed by atoms with Crippen LogP contribution in [0.3, 0.4) is 0 Å². The number of carbonyl (C=O) groups is 3. The van der Waals surface area contributed by atoms with Crippen LogP contribution in [0.2, 0.25) is 0 Å². The minimum Gasteiger partial charge on any atom is -0.462 e. The van der Waals surface area contributed by atoms with Crippen LogP contribution in [0, 0.1) is 0 Å². The monoisotopic (exact) mass is 805 g/mol. The van der Waals surface area contributed by atoms with Gasteiger partial charge in [-0.15, -0.1) is 0 Å². The molecule has 0 aromatic heterocycles. The van der Waals surface area contributed by atoms with Crippen molar-refractivity contribution in [3.8, 4) is 0 Å². The maximum absolute atomic E-state index is 12.7. The quantitative estimate of drug-likeness (QED) is 0.0264. The van der Waals surface area contributed by atoms with Gasteiger partial charge in [-0.1, -0.05) is 226 Å². The molecule has 0 spiro atoms. The van der Waals surface area contributed by atoms with Crippen LogP contribution in [-0.2, 0) is 28.6 Å². The Morgan fingerprint density at radius 3 is 0.912 bits per heavy atom. The van der Waals surface area contributed by atoms with E-state index in [0.29, 0.717) is 19.3 Å². The Bertz CT molecular complexity index is 885. The molecule has 0 rings (SSSR count). The number of unbranched alkanes of at least 4 members (excludes halogenated alkanes) is 33. The topological polar surface area (TPSA) is 78.9 Å². The molecule has 6 nitrogen and oxygen atoms in total. The molecule has 336 valence electrons. The average molecular weight is 805 g/mol. The highest BCUT2D eigenvalue weighted by Gasteiger charge is 2.19. The molecular formula is C51H96O6. The maximum atomic E-state index is 12.7. The van der Waals surface area contributed by atoms with E-state index >= 15 is 0 Å². The largest absolute Gasteiger partial charge is 0.462 e.